The summed E-state index contributed by atoms with van der Waals surface area (Å²) in [6.45, 7) is 0. The van der Waals surface area contributed by atoms with Gasteiger partial charge in [-0.05, 0) is 36.4 Å². The predicted molar refractivity (Wildman–Crippen MR) is 77.9 cm³/mol. The molecule has 19 heavy (non-hydrogen) atoms. The van der Waals surface area contributed by atoms with Crippen LogP contribution in [-0.4, -0.2) is 17.1 Å². The number of anilines is 2. The molecule has 0 atom stereocenters. The topological polar surface area (TPSA) is 36.4 Å². The Balaban J connectivity index is 2.05. The summed E-state index contributed by atoms with van der Waals surface area (Å²) in [5.41, 5.74) is 3.06. The van der Waals surface area contributed by atoms with Gasteiger partial charge in [0.2, 0.25) is 0 Å². The van der Waals surface area contributed by atoms with Gasteiger partial charge in [0.25, 0.3) is 0 Å². The zero-order valence-corrected chi connectivity index (χ0v) is 10.6. The van der Waals surface area contributed by atoms with E-state index < -0.39 is 0 Å². The fourth-order valence-electron chi connectivity index (χ4n) is 2.12. The third-order valence-electron chi connectivity index (χ3n) is 3.18. The minimum Gasteiger partial charge on any atom is -0.506 e. The number of aromatic hydroxyl groups is 1. The van der Waals surface area contributed by atoms with Crippen LogP contribution in [0.25, 0.3) is 10.9 Å². The molecule has 0 aliphatic heterocycles. The van der Waals surface area contributed by atoms with Gasteiger partial charge >= 0.3 is 0 Å². The lowest BCUT2D eigenvalue weighted by Gasteiger charge is -2.19. The summed E-state index contributed by atoms with van der Waals surface area (Å²) in [7, 11) is 2.02. The van der Waals surface area contributed by atoms with E-state index in [0.29, 0.717) is 0 Å². The lowest BCUT2D eigenvalue weighted by atomic mass is 10.1. The van der Waals surface area contributed by atoms with Crippen molar-refractivity contribution in [1.29, 1.82) is 0 Å². The molecule has 3 nitrogen and oxygen atoms in total. The van der Waals surface area contributed by atoms with Crippen molar-refractivity contribution in [1.82, 2.24) is 4.98 Å². The van der Waals surface area contributed by atoms with E-state index in [4.69, 9.17) is 0 Å². The highest BCUT2D eigenvalue weighted by Gasteiger charge is 2.05. The molecule has 94 valence electrons. The van der Waals surface area contributed by atoms with Gasteiger partial charge in [-0.25, -0.2) is 0 Å². The Labute approximate surface area is 111 Å². The third-order valence-corrected chi connectivity index (χ3v) is 3.18. The minimum atomic E-state index is 0.187. The van der Waals surface area contributed by atoms with Crippen molar-refractivity contribution in [3.05, 3.63) is 60.8 Å². The van der Waals surface area contributed by atoms with E-state index in [9.17, 15) is 5.11 Å². The van der Waals surface area contributed by atoms with Crippen LogP contribution in [0, 0.1) is 0 Å². The lowest BCUT2D eigenvalue weighted by Crippen LogP contribution is -2.08. The zero-order valence-electron chi connectivity index (χ0n) is 10.6. The summed E-state index contributed by atoms with van der Waals surface area (Å²) in [6, 6.07) is 17.9. The Kier molecular flexibility index (Phi) is 2.80. The molecular weight excluding hydrogens is 236 g/mol. The van der Waals surface area contributed by atoms with Crippen LogP contribution in [0.4, 0.5) is 11.4 Å². The van der Waals surface area contributed by atoms with Crippen LogP contribution in [0.1, 0.15) is 0 Å². The number of para-hydroxylation sites is 1. The Bertz CT molecular complexity index is 710. The number of pyridine rings is 1. The van der Waals surface area contributed by atoms with E-state index in [0.717, 1.165) is 22.3 Å². The molecule has 0 amide bonds. The summed E-state index contributed by atoms with van der Waals surface area (Å²) in [6.07, 6.45) is 1.46. The number of hydrogen-bond acceptors (Lipinski definition) is 3. The van der Waals surface area contributed by atoms with Gasteiger partial charge in [-0.15, -0.1) is 0 Å². The van der Waals surface area contributed by atoms with Crippen molar-refractivity contribution in [2.24, 2.45) is 0 Å². The fourth-order valence-corrected chi connectivity index (χ4v) is 2.12. The Morgan fingerprint density at radius 2 is 1.74 bits per heavy atom. The van der Waals surface area contributed by atoms with E-state index in [1.165, 1.54) is 6.20 Å². The molecule has 0 radical (unpaired) electrons. The zero-order chi connectivity index (χ0) is 13.2. The summed E-state index contributed by atoms with van der Waals surface area (Å²) < 4.78 is 0. The van der Waals surface area contributed by atoms with Gasteiger partial charge < -0.3 is 10.0 Å². The van der Waals surface area contributed by atoms with Gasteiger partial charge in [0.1, 0.15) is 5.75 Å². The molecule has 3 heteroatoms. The van der Waals surface area contributed by atoms with Crippen molar-refractivity contribution in [2.75, 3.05) is 11.9 Å². The first-order chi connectivity index (χ1) is 9.24. The molecule has 3 rings (SSSR count). The summed E-state index contributed by atoms with van der Waals surface area (Å²) in [5.74, 6) is 0.187. The quantitative estimate of drug-likeness (QED) is 0.753. The molecule has 1 heterocycles. The molecule has 0 saturated heterocycles. The molecular formula is C16H14N2O. The van der Waals surface area contributed by atoms with Crippen molar-refractivity contribution in [3.8, 4) is 5.75 Å². The second-order valence-corrected chi connectivity index (χ2v) is 4.47. The molecule has 1 aromatic heterocycles. The smallest absolute Gasteiger partial charge is 0.134 e. The van der Waals surface area contributed by atoms with E-state index in [-0.39, 0.29) is 5.75 Å². The minimum absolute atomic E-state index is 0.187. The summed E-state index contributed by atoms with van der Waals surface area (Å²) >= 11 is 0. The fraction of sp³-hybridized carbons (Fsp3) is 0.0625. The van der Waals surface area contributed by atoms with Gasteiger partial charge in [0.15, 0.2) is 0 Å². The van der Waals surface area contributed by atoms with Crippen LogP contribution in [-0.2, 0) is 0 Å². The SMILES string of the molecule is CN(c1ccccc1)c1ccc2ncc(O)cc2c1. The maximum absolute atomic E-state index is 9.50. The van der Waals surface area contributed by atoms with Gasteiger partial charge in [0.05, 0.1) is 11.7 Å². The van der Waals surface area contributed by atoms with Crippen LogP contribution in [0.2, 0.25) is 0 Å². The van der Waals surface area contributed by atoms with E-state index in [2.05, 4.69) is 22.0 Å². The van der Waals surface area contributed by atoms with E-state index in [1.54, 1.807) is 6.07 Å². The number of fused-ring (bicyclic) bond motifs is 1. The number of nitrogens with zero attached hydrogens (tertiary/aromatic N) is 2. The van der Waals surface area contributed by atoms with Crippen molar-refractivity contribution in [3.63, 3.8) is 0 Å². The number of aromatic nitrogens is 1. The highest BCUT2D eigenvalue weighted by Crippen LogP contribution is 2.27. The largest absolute Gasteiger partial charge is 0.506 e. The van der Waals surface area contributed by atoms with Crippen LogP contribution >= 0.6 is 0 Å². The molecule has 0 fully saturated rings. The van der Waals surface area contributed by atoms with Crippen LogP contribution in [0.15, 0.2) is 60.8 Å². The van der Waals surface area contributed by atoms with Gasteiger partial charge in [-0.3, -0.25) is 4.98 Å². The van der Waals surface area contributed by atoms with Crippen molar-refractivity contribution >= 4 is 22.3 Å². The second kappa shape index (κ2) is 4.61. The van der Waals surface area contributed by atoms with Crippen LogP contribution in [0.3, 0.4) is 0 Å². The summed E-state index contributed by atoms with van der Waals surface area (Å²) in [4.78, 5) is 6.29. The monoisotopic (exact) mass is 250 g/mol. The number of benzene rings is 2. The van der Waals surface area contributed by atoms with Gasteiger partial charge in [-0.2, -0.15) is 0 Å². The third kappa shape index (κ3) is 2.22. The molecule has 0 aliphatic rings. The Hall–Kier alpha value is -2.55. The molecule has 0 saturated carbocycles. The maximum atomic E-state index is 9.50. The molecule has 3 aromatic rings. The lowest BCUT2D eigenvalue weighted by molar-refractivity contribution is 0.474. The van der Waals surface area contributed by atoms with Gasteiger partial charge in [-0.1, -0.05) is 18.2 Å². The molecule has 1 N–H and O–H groups in total. The van der Waals surface area contributed by atoms with Crippen LogP contribution in [0.5, 0.6) is 5.75 Å². The van der Waals surface area contributed by atoms with E-state index in [1.807, 2.05) is 43.4 Å². The molecule has 0 unspecified atom stereocenters. The van der Waals surface area contributed by atoms with Crippen molar-refractivity contribution in [2.45, 2.75) is 0 Å². The average molecular weight is 250 g/mol. The summed E-state index contributed by atoms with van der Waals surface area (Å²) in [5, 5.41) is 10.4. The standard InChI is InChI=1S/C16H14N2O/c1-18(13-5-3-2-4-6-13)14-7-8-16-12(9-14)10-15(19)11-17-16/h2-11,19H,1H3. The predicted octanol–water partition coefficient (Wildman–Crippen LogP) is 3.71. The first kappa shape index (κ1) is 11.5. The second-order valence-electron chi connectivity index (χ2n) is 4.47. The number of hydrogen-bond donors (Lipinski definition) is 1. The normalized spacial score (nSPS) is 10.6. The maximum Gasteiger partial charge on any atom is 0.134 e. The van der Waals surface area contributed by atoms with E-state index >= 15 is 0 Å². The average Bonchev–Trinajstić information content (AvgIpc) is 2.46. The highest BCUT2D eigenvalue weighted by molar-refractivity contribution is 5.84. The molecule has 2 aromatic carbocycles. The highest BCUT2D eigenvalue weighted by atomic mass is 16.3. The van der Waals surface area contributed by atoms with Gasteiger partial charge in [0, 0.05) is 23.8 Å². The molecule has 0 spiro atoms. The Morgan fingerprint density at radius 1 is 0.947 bits per heavy atom. The Morgan fingerprint density at radius 3 is 2.53 bits per heavy atom. The van der Waals surface area contributed by atoms with Crippen LogP contribution < -0.4 is 4.90 Å². The molecule has 0 bridgehead atoms. The molecule has 0 aliphatic carbocycles. The van der Waals surface area contributed by atoms with Crippen molar-refractivity contribution < 1.29 is 5.11 Å². The first-order valence-electron chi connectivity index (χ1n) is 6.11. The number of rotatable bonds is 2. The first-order valence-corrected chi connectivity index (χ1v) is 6.11.